The van der Waals surface area contributed by atoms with Gasteiger partial charge in [0.15, 0.2) is 11.5 Å². The zero-order valence-corrected chi connectivity index (χ0v) is 9.68. The molecule has 1 aromatic carbocycles. The lowest BCUT2D eigenvalue weighted by Gasteiger charge is -2.04. The van der Waals surface area contributed by atoms with Gasteiger partial charge in [0.05, 0.1) is 12.5 Å². The minimum Gasteiger partial charge on any atom is -0.497 e. The molecule has 0 saturated carbocycles. The molecule has 0 amide bonds. The van der Waals surface area contributed by atoms with Crippen molar-refractivity contribution in [2.45, 2.75) is 0 Å². The number of aryl methyl sites for hydroxylation is 1. The summed E-state index contributed by atoms with van der Waals surface area (Å²) in [5, 5.41) is 22.1. The smallest absolute Gasteiger partial charge is 0.240 e. The molecule has 1 N–H and O–H groups in total. The minimum absolute atomic E-state index is 0.0756. The number of aromatic hydroxyl groups is 1. The summed E-state index contributed by atoms with van der Waals surface area (Å²) in [6.45, 7) is 0. The van der Waals surface area contributed by atoms with Gasteiger partial charge in [0, 0.05) is 18.5 Å². The van der Waals surface area contributed by atoms with Crippen molar-refractivity contribution in [2.24, 2.45) is 7.05 Å². The second-order valence-corrected chi connectivity index (χ2v) is 3.85. The first-order valence-electron chi connectivity index (χ1n) is 5.17. The van der Waals surface area contributed by atoms with Crippen molar-refractivity contribution < 1.29 is 14.2 Å². The predicted molar refractivity (Wildman–Crippen MR) is 62.0 cm³/mol. The number of ether oxygens (including phenoxy) is 1. The average molecular weight is 248 g/mol. The molecule has 0 fully saturated rings. The number of nitrogens with zero attached hydrogens (tertiary/aromatic N) is 4. The van der Waals surface area contributed by atoms with Crippen LogP contribution in [-0.2, 0) is 7.05 Å². The zero-order valence-electron chi connectivity index (χ0n) is 9.68. The highest BCUT2D eigenvalue weighted by Gasteiger charge is 2.16. The van der Waals surface area contributed by atoms with E-state index in [1.54, 1.807) is 13.1 Å². The Bertz CT molecular complexity index is 769. The topological polar surface area (TPSA) is 73.1 Å². The van der Waals surface area contributed by atoms with E-state index in [-0.39, 0.29) is 11.4 Å². The Morgan fingerprint density at radius 1 is 1.33 bits per heavy atom. The molecule has 3 aromatic rings. The Kier molecular flexibility index (Phi) is 2.09. The summed E-state index contributed by atoms with van der Waals surface area (Å²) >= 11 is 0. The number of rotatable bonds is 1. The molecule has 0 bridgehead atoms. The van der Waals surface area contributed by atoms with E-state index in [0.717, 1.165) is 0 Å². The number of benzene rings is 1. The number of methoxy groups -OCH3 is 1. The number of aromatic nitrogens is 4. The predicted octanol–water partition coefficient (Wildman–Crippen LogP) is 1.37. The lowest BCUT2D eigenvalue weighted by molar-refractivity contribution is 0.412. The van der Waals surface area contributed by atoms with Gasteiger partial charge in [-0.1, -0.05) is 0 Å². The summed E-state index contributed by atoms with van der Waals surface area (Å²) < 4.78 is 20.2. The van der Waals surface area contributed by atoms with Gasteiger partial charge in [0.1, 0.15) is 11.3 Å². The molecular weight excluding hydrogens is 239 g/mol. The van der Waals surface area contributed by atoms with Gasteiger partial charge in [-0.25, -0.2) is 9.07 Å². The van der Waals surface area contributed by atoms with Crippen molar-refractivity contribution in [2.75, 3.05) is 7.11 Å². The Labute approximate surface area is 101 Å². The fourth-order valence-corrected chi connectivity index (χ4v) is 1.94. The van der Waals surface area contributed by atoms with Gasteiger partial charge in [-0.3, -0.25) is 0 Å². The van der Waals surface area contributed by atoms with Crippen molar-refractivity contribution in [3.8, 4) is 11.6 Å². The normalized spacial score (nSPS) is 11.3. The van der Waals surface area contributed by atoms with E-state index in [1.165, 1.54) is 17.9 Å². The summed E-state index contributed by atoms with van der Waals surface area (Å²) in [5.74, 6) is -0.417. The third-order valence-electron chi connectivity index (χ3n) is 2.79. The maximum absolute atomic E-state index is 13.8. The van der Waals surface area contributed by atoms with Gasteiger partial charge < -0.3 is 9.84 Å². The molecule has 0 aliphatic heterocycles. The number of hydrogen-bond acceptors (Lipinski definition) is 5. The molecule has 2 heterocycles. The van der Waals surface area contributed by atoms with Crippen LogP contribution in [0, 0.1) is 5.82 Å². The van der Waals surface area contributed by atoms with Crippen LogP contribution < -0.4 is 4.74 Å². The first-order chi connectivity index (χ1) is 8.61. The van der Waals surface area contributed by atoms with Gasteiger partial charge in [-0.15, -0.1) is 15.3 Å². The third kappa shape index (κ3) is 1.30. The number of halogens is 1. The summed E-state index contributed by atoms with van der Waals surface area (Å²) in [6, 6.07) is 2.81. The van der Waals surface area contributed by atoms with Crippen molar-refractivity contribution in [3.05, 3.63) is 17.9 Å². The van der Waals surface area contributed by atoms with Crippen LogP contribution >= 0.6 is 0 Å². The average Bonchev–Trinajstić information content (AvgIpc) is 2.65. The first kappa shape index (κ1) is 10.7. The Morgan fingerprint density at radius 3 is 2.83 bits per heavy atom. The molecule has 0 aliphatic rings. The van der Waals surface area contributed by atoms with Crippen LogP contribution in [-0.4, -0.2) is 32.2 Å². The fourth-order valence-electron chi connectivity index (χ4n) is 1.94. The first-order valence-corrected chi connectivity index (χ1v) is 5.17. The van der Waals surface area contributed by atoms with E-state index in [1.807, 2.05) is 0 Å². The lowest BCUT2D eigenvalue weighted by Crippen LogP contribution is -1.96. The SMILES string of the molecule is COc1cc(F)c2nnc3c(c(O)nn3C)c2c1. The maximum atomic E-state index is 13.8. The van der Waals surface area contributed by atoms with Crippen LogP contribution in [0.1, 0.15) is 0 Å². The van der Waals surface area contributed by atoms with Gasteiger partial charge in [-0.05, 0) is 6.07 Å². The van der Waals surface area contributed by atoms with Crippen LogP contribution in [0.4, 0.5) is 4.39 Å². The van der Waals surface area contributed by atoms with E-state index < -0.39 is 5.82 Å². The standard InChI is InChI=1S/C11H9FN4O2/c1-16-10-8(11(17)15-16)6-3-5(18-2)4-7(12)9(6)13-14-10/h3-4H,1-2H3,(H,15,17). The Balaban J connectivity index is 2.56. The molecule has 0 radical (unpaired) electrons. The fraction of sp³-hybridized carbons (Fsp3) is 0.182. The van der Waals surface area contributed by atoms with Crippen molar-refractivity contribution in [1.29, 1.82) is 0 Å². The van der Waals surface area contributed by atoms with Crippen LogP contribution in [0.25, 0.3) is 21.9 Å². The molecule has 2 aromatic heterocycles. The Hall–Kier alpha value is -2.44. The van der Waals surface area contributed by atoms with Crippen LogP contribution in [0.3, 0.4) is 0 Å². The molecular formula is C11H9FN4O2. The van der Waals surface area contributed by atoms with Crippen molar-refractivity contribution in [3.63, 3.8) is 0 Å². The minimum atomic E-state index is -0.554. The monoisotopic (exact) mass is 248 g/mol. The molecule has 92 valence electrons. The summed E-state index contributed by atoms with van der Waals surface area (Å²) in [4.78, 5) is 0. The van der Waals surface area contributed by atoms with Gasteiger partial charge >= 0.3 is 0 Å². The maximum Gasteiger partial charge on any atom is 0.240 e. The second-order valence-electron chi connectivity index (χ2n) is 3.85. The van der Waals surface area contributed by atoms with Crippen LogP contribution in [0.5, 0.6) is 11.6 Å². The van der Waals surface area contributed by atoms with Crippen LogP contribution in [0.15, 0.2) is 12.1 Å². The molecule has 0 spiro atoms. The van der Waals surface area contributed by atoms with Gasteiger partial charge in [0.2, 0.25) is 5.88 Å². The summed E-state index contributed by atoms with van der Waals surface area (Å²) in [6.07, 6.45) is 0. The highest BCUT2D eigenvalue weighted by molar-refractivity contribution is 6.06. The molecule has 7 heteroatoms. The lowest BCUT2D eigenvalue weighted by atomic mass is 10.1. The molecule has 6 nitrogen and oxygen atoms in total. The highest BCUT2D eigenvalue weighted by atomic mass is 19.1. The third-order valence-corrected chi connectivity index (χ3v) is 2.79. The molecule has 18 heavy (non-hydrogen) atoms. The highest BCUT2D eigenvalue weighted by Crippen LogP contribution is 2.32. The van der Waals surface area contributed by atoms with E-state index in [0.29, 0.717) is 22.2 Å². The zero-order chi connectivity index (χ0) is 12.9. The van der Waals surface area contributed by atoms with Gasteiger partial charge in [-0.2, -0.15) is 0 Å². The van der Waals surface area contributed by atoms with E-state index >= 15 is 0 Å². The molecule has 0 aliphatic carbocycles. The van der Waals surface area contributed by atoms with Gasteiger partial charge in [0.25, 0.3) is 0 Å². The quantitative estimate of drug-likeness (QED) is 0.704. The summed E-state index contributed by atoms with van der Waals surface area (Å²) in [5.41, 5.74) is 0.458. The molecule has 0 atom stereocenters. The second kappa shape index (κ2) is 3.52. The van der Waals surface area contributed by atoms with Crippen molar-refractivity contribution in [1.82, 2.24) is 20.0 Å². The van der Waals surface area contributed by atoms with E-state index in [2.05, 4.69) is 15.3 Å². The van der Waals surface area contributed by atoms with E-state index in [4.69, 9.17) is 4.74 Å². The molecule has 3 rings (SSSR count). The van der Waals surface area contributed by atoms with Crippen LogP contribution in [0.2, 0.25) is 0 Å². The van der Waals surface area contributed by atoms with E-state index in [9.17, 15) is 9.50 Å². The largest absolute Gasteiger partial charge is 0.497 e. The van der Waals surface area contributed by atoms with Crippen molar-refractivity contribution >= 4 is 21.9 Å². The number of hydrogen-bond donors (Lipinski definition) is 1. The number of fused-ring (bicyclic) bond motifs is 3. The summed E-state index contributed by atoms with van der Waals surface area (Å²) in [7, 11) is 3.06. The molecule has 0 saturated heterocycles. The Morgan fingerprint density at radius 2 is 2.11 bits per heavy atom. The molecule has 0 unspecified atom stereocenters.